The van der Waals surface area contributed by atoms with Crippen LogP contribution in [0.15, 0.2) is 90.5 Å². The number of hydrogen-bond donors (Lipinski definition) is 0. The summed E-state index contributed by atoms with van der Waals surface area (Å²) in [5.41, 5.74) is 2.81. The van der Waals surface area contributed by atoms with E-state index in [1.165, 1.54) is 4.90 Å². The largest absolute Gasteiger partial charge is 0.304 e. The Morgan fingerprint density at radius 1 is 0.750 bits per heavy atom. The molecule has 0 saturated carbocycles. The predicted octanol–water partition coefficient (Wildman–Crippen LogP) is 4.20. The molecule has 4 heteroatoms. The first-order valence-electron chi connectivity index (χ1n) is 8.93. The summed E-state index contributed by atoms with van der Waals surface area (Å²) < 4.78 is 0. The molecule has 0 fully saturated rings. The number of ketones is 2. The third-order valence-electron chi connectivity index (χ3n) is 4.69. The topological polar surface area (TPSA) is 54.5 Å². The number of carbonyl (C=O) groups excluding carboxylic acids is 3. The van der Waals surface area contributed by atoms with Crippen molar-refractivity contribution in [2.45, 2.75) is 6.92 Å². The second-order valence-corrected chi connectivity index (χ2v) is 6.59. The zero-order valence-corrected chi connectivity index (χ0v) is 15.3. The highest BCUT2D eigenvalue weighted by molar-refractivity contribution is 6.61. The van der Waals surface area contributed by atoms with Crippen molar-refractivity contribution in [2.24, 2.45) is 0 Å². The zero-order chi connectivity index (χ0) is 19.7. The summed E-state index contributed by atoms with van der Waals surface area (Å²) in [4.78, 5) is 40.3. The van der Waals surface area contributed by atoms with Crippen molar-refractivity contribution < 1.29 is 14.4 Å². The second-order valence-electron chi connectivity index (χ2n) is 6.59. The quantitative estimate of drug-likeness (QED) is 0.394. The van der Waals surface area contributed by atoms with Gasteiger partial charge in [-0.25, -0.2) is 0 Å². The summed E-state index contributed by atoms with van der Waals surface area (Å²) in [7, 11) is 0. The minimum atomic E-state index is -0.784. The lowest BCUT2D eigenvalue weighted by atomic mass is 9.97. The van der Waals surface area contributed by atoms with Gasteiger partial charge in [0.25, 0.3) is 5.78 Å². The van der Waals surface area contributed by atoms with E-state index in [1.54, 1.807) is 48.5 Å². The lowest BCUT2D eigenvalue weighted by Gasteiger charge is -2.20. The highest BCUT2D eigenvalue weighted by atomic mass is 16.2. The molecule has 0 N–H and O–H groups in total. The lowest BCUT2D eigenvalue weighted by molar-refractivity contribution is -0.132. The predicted molar refractivity (Wildman–Crippen MR) is 108 cm³/mol. The number of carbonyl (C=O) groups is 3. The van der Waals surface area contributed by atoms with Gasteiger partial charge in [0.2, 0.25) is 0 Å². The smallest absolute Gasteiger partial charge is 0.288 e. The number of amides is 1. The Morgan fingerprint density at radius 2 is 1.32 bits per heavy atom. The van der Waals surface area contributed by atoms with Crippen LogP contribution in [0.3, 0.4) is 0 Å². The molecular weight excluding hydrogens is 350 g/mol. The first kappa shape index (κ1) is 17.6. The summed E-state index contributed by atoms with van der Waals surface area (Å²) in [6.45, 7) is 1.92. The Kier molecular flexibility index (Phi) is 4.45. The molecule has 4 rings (SSSR count). The van der Waals surface area contributed by atoms with Crippen LogP contribution in [-0.2, 0) is 9.59 Å². The van der Waals surface area contributed by atoms with Crippen molar-refractivity contribution >= 4 is 28.9 Å². The first-order chi connectivity index (χ1) is 13.6. The van der Waals surface area contributed by atoms with Gasteiger partial charge in [-0.15, -0.1) is 0 Å². The summed E-state index contributed by atoms with van der Waals surface area (Å²) in [5.74, 6) is -1.95. The molecule has 136 valence electrons. The molecule has 1 amide bonds. The molecule has 0 unspecified atom stereocenters. The highest BCUT2D eigenvalue weighted by Gasteiger charge is 2.43. The Labute approximate surface area is 162 Å². The maximum atomic E-state index is 13.2. The maximum absolute atomic E-state index is 13.2. The Balaban J connectivity index is 1.94. The van der Waals surface area contributed by atoms with Crippen LogP contribution >= 0.6 is 0 Å². The fraction of sp³-hybridized carbons (Fsp3) is 0.0417. The molecule has 0 spiro atoms. The molecule has 1 aliphatic rings. The first-order valence-corrected chi connectivity index (χ1v) is 8.93. The number of rotatable bonds is 4. The molecule has 0 saturated heterocycles. The van der Waals surface area contributed by atoms with Crippen LogP contribution in [-0.4, -0.2) is 17.5 Å². The van der Waals surface area contributed by atoms with Crippen LogP contribution < -0.4 is 4.90 Å². The van der Waals surface area contributed by atoms with Gasteiger partial charge >= 0.3 is 5.91 Å². The summed E-state index contributed by atoms with van der Waals surface area (Å²) in [6.07, 6.45) is 0. The van der Waals surface area contributed by atoms with Gasteiger partial charge in [0.15, 0.2) is 5.78 Å². The van der Waals surface area contributed by atoms with Crippen molar-refractivity contribution in [1.82, 2.24) is 0 Å². The number of Topliss-reactive ketones (excluding diaryl/α,β-unsaturated/α-hetero) is 2. The molecule has 0 bridgehead atoms. The monoisotopic (exact) mass is 367 g/mol. The van der Waals surface area contributed by atoms with Gasteiger partial charge in [-0.3, -0.25) is 19.3 Å². The minimum Gasteiger partial charge on any atom is -0.288 e. The van der Waals surface area contributed by atoms with E-state index in [2.05, 4.69) is 0 Å². The summed E-state index contributed by atoms with van der Waals surface area (Å²) >= 11 is 0. The van der Waals surface area contributed by atoms with Crippen LogP contribution in [0.25, 0.3) is 5.70 Å². The number of aryl methyl sites for hydroxylation is 1. The van der Waals surface area contributed by atoms with Gasteiger partial charge in [0.05, 0.1) is 5.70 Å². The fourth-order valence-electron chi connectivity index (χ4n) is 3.28. The van der Waals surface area contributed by atoms with Crippen LogP contribution in [0, 0.1) is 6.92 Å². The third kappa shape index (κ3) is 2.95. The maximum Gasteiger partial charge on any atom is 0.304 e. The van der Waals surface area contributed by atoms with Crippen LogP contribution in [0.4, 0.5) is 5.69 Å². The van der Waals surface area contributed by atoms with Crippen molar-refractivity contribution in [2.75, 3.05) is 4.90 Å². The molecule has 28 heavy (non-hydrogen) atoms. The van der Waals surface area contributed by atoms with E-state index in [9.17, 15) is 14.4 Å². The van der Waals surface area contributed by atoms with Crippen molar-refractivity contribution in [3.8, 4) is 0 Å². The number of hydrogen-bond acceptors (Lipinski definition) is 3. The molecule has 1 aliphatic heterocycles. The molecule has 0 aromatic heterocycles. The average molecular weight is 367 g/mol. The van der Waals surface area contributed by atoms with E-state index in [0.717, 1.165) is 5.56 Å². The molecule has 0 aliphatic carbocycles. The van der Waals surface area contributed by atoms with Gasteiger partial charge in [-0.2, -0.15) is 0 Å². The second kappa shape index (κ2) is 7.08. The van der Waals surface area contributed by atoms with E-state index in [-0.39, 0.29) is 5.57 Å². The van der Waals surface area contributed by atoms with Crippen molar-refractivity contribution in [3.63, 3.8) is 0 Å². The van der Waals surface area contributed by atoms with Gasteiger partial charge < -0.3 is 0 Å². The van der Waals surface area contributed by atoms with E-state index in [1.807, 2.05) is 43.3 Å². The van der Waals surface area contributed by atoms with Gasteiger partial charge in [0.1, 0.15) is 5.57 Å². The SMILES string of the molecule is Cc1ccc(C(=O)C2=C(c3ccccc3)N(c3ccccc3)C(=O)C2=O)cc1. The minimum absolute atomic E-state index is 0.0936. The van der Waals surface area contributed by atoms with Crippen LogP contribution in [0.1, 0.15) is 21.5 Å². The van der Waals surface area contributed by atoms with E-state index in [4.69, 9.17) is 0 Å². The van der Waals surface area contributed by atoms with Crippen LogP contribution in [0.2, 0.25) is 0 Å². The van der Waals surface area contributed by atoms with Gasteiger partial charge in [-0.1, -0.05) is 78.4 Å². The molecule has 4 nitrogen and oxygen atoms in total. The summed E-state index contributed by atoms with van der Waals surface area (Å²) in [6, 6.07) is 24.9. The Morgan fingerprint density at radius 3 is 1.93 bits per heavy atom. The standard InChI is InChI=1S/C24H17NO3/c1-16-12-14-18(15-13-16)22(26)20-21(17-8-4-2-5-9-17)25(24(28)23(20)27)19-10-6-3-7-11-19/h2-15H,1H3. The molecule has 1 heterocycles. The Hall–Kier alpha value is -3.79. The van der Waals surface area contributed by atoms with Crippen molar-refractivity contribution in [3.05, 3.63) is 107 Å². The Bertz CT molecular complexity index is 1100. The van der Waals surface area contributed by atoms with Gasteiger partial charge in [-0.05, 0) is 24.6 Å². The molecule has 0 atom stereocenters. The lowest BCUT2D eigenvalue weighted by Crippen LogP contribution is -2.28. The molecule has 3 aromatic rings. The normalized spacial score (nSPS) is 14.0. The molecule has 3 aromatic carbocycles. The number of nitrogens with zero attached hydrogens (tertiary/aromatic N) is 1. The fourth-order valence-corrected chi connectivity index (χ4v) is 3.28. The third-order valence-corrected chi connectivity index (χ3v) is 4.69. The van der Waals surface area contributed by atoms with E-state index < -0.39 is 17.5 Å². The highest BCUT2D eigenvalue weighted by Crippen LogP contribution is 2.36. The summed E-state index contributed by atoms with van der Waals surface area (Å²) in [5, 5.41) is 0. The zero-order valence-electron chi connectivity index (χ0n) is 15.3. The number of benzene rings is 3. The molecular formula is C24H17NO3. The number of anilines is 1. The van der Waals surface area contributed by atoms with E-state index >= 15 is 0 Å². The average Bonchev–Trinajstić information content (AvgIpc) is 3.00. The van der Waals surface area contributed by atoms with E-state index in [0.29, 0.717) is 22.5 Å². The number of para-hydroxylation sites is 1. The van der Waals surface area contributed by atoms with Crippen molar-refractivity contribution in [1.29, 1.82) is 0 Å². The molecule has 0 radical (unpaired) electrons. The van der Waals surface area contributed by atoms with Gasteiger partial charge in [0, 0.05) is 11.3 Å². The van der Waals surface area contributed by atoms with Crippen LogP contribution in [0.5, 0.6) is 0 Å².